The summed E-state index contributed by atoms with van der Waals surface area (Å²) in [5, 5.41) is 10.9. The number of unbranched alkanes of at least 4 members (excludes halogenated alkanes) is 1. The van der Waals surface area contributed by atoms with E-state index in [1.165, 1.54) is 60.1 Å². The van der Waals surface area contributed by atoms with Gasteiger partial charge in [-0.15, -0.1) is 5.10 Å². The number of halogens is 1. The van der Waals surface area contributed by atoms with Crippen molar-refractivity contribution in [3.05, 3.63) is 106 Å². The molecule has 1 saturated carbocycles. The van der Waals surface area contributed by atoms with E-state index < -0.39 is 0 Å². The average molecular weight is 691 g/mol. The molecule has 3 aliphatic rings. The van der Waals surface area contributed by atoms with Crippen molar-refractivity contribution in [1.29, 1.82) is 0 Å². The molecular formula is C41H47ClN6O2. The van der Waals surface area contributed by atoms with Gasteiger partial charge in [-0.05, 0) is 103 Å². The highest BCUT2D eigenvalue weighted by atomic mass is 35.5. The SMILES string of the molecule is COc1cc2c(cc1OC)C(c1ccccc1)N(CCc1cn(CCCCC3CC4Cc5nc6cc(Cl)ccc6c(N)c5C(C3)C4)nn1)CC2. The Bertz CT molecular complexity index is 1980. The predicted octanol–water partition coefficient (Wildman–Crippen LogP) is 8.20. The number of hydrogen-bond acceptors (Lipinski definition) is 7. The van der Waals surface area contributed by atoms with Crippen LogP contribution in [0.1, 0.15) is 84.1 Å². The van der Waals surface area contributed by atoms with E-state index in [-0.39, 0.29) is 6.04 Å². The molecule has 5 aromatic rings. The van der Waals surface area contributed by atoms with Crippen LogP contribution >= 0.6 is 11.6 Å². The lowest BCUT2D eigenvalue weighted by Crippen LogP contribution is -2.37. The quantitative estimate of drug-likeness (QED) is 0.140. The maximum Gasteiger partial charge on any atom is 0.161 e. The highest BCUT2D eigenvalue weighted by molar-refractivity contribution is 6.31. The molecule has 2 aliphatic carbocycles. The Morgan fingerprint density at radius 1 is 0.940 bits per heavy atom. The van der Waals surface area contributed by atoms with Crippen molar-refractivity contribution in [2.24, 2.45) is 11.8 Å². The minimum atomic E-state index is 0.147. The van der Waals surface area contributed by atoms with Crippen LogP contribution in [0.25, 0.3) is 10.9 Å². The van der Waals surface area contributed by atoms with Gasteiger partial charge in [-0.25, -0.2) is 0 Å². The number of anilines is 1. The van der Waals surface area contributed by atoms with E-state index in [0.29, 0.717) is 16.9 Å². The predicted molar refractivity (Wildman–Crippen MR) is 199 cm³/mol. The summed E-state index contributed by atoms with van der Waals surface area (Å²) in [4.78, 5) is 7.61. The minimum absolute atomic E-state index is 0.147. The van der Waals surface area contributed by atoms with Crippen molar-refractivity contribution in [3.63, 3.8) is 0 Å². The molecule has 9 heteroatoms. The first-order valence-corrected chi connectivity index (χ1v) is 18.7. The van der Waals surface area contributed by atoms with Crippen LogP contribution in [0.15, 0.2) is 66.9 Å². The summed E-state index contributed by atoms with van der Waals surface area (Å²) < 4.78 is 13.4. The molecule has 1 fully saturated rings. The van der Waals surface area contributed by atoms with E-state index >= 15 is 0 Å². The van der Waals surface area contributed by atoms with Gasteiger partial charge < -0.3 is 15.2 Å². The van der Waals surface area contributed by atoms with Crippen molar-refractivity contribution < 1.29 is 9.47 Å². The van der Waals surface area contributed by atoms with Crippen LogP contribution in [0.5, 0.6) is 11.5 Å². The number of methoxy groups -OCH3 is 2. The number of nitrogens with zero attached hydrogens (tertiary/aromatic N) is 5. The monoisotopic (exact) mass is 690 g/mol. The smallest absolute Gasteiger partial charge is 0.161 e. The lowest BCUT2D eigenvalue weighted by Gasteiger charge is -2.40. The Balaban J connectivity index is 0.861. The first kappa shape index (κ1) is 33.0. The summed E-state index contributed by atoms with van der Waals surface area (Å²) >= 11 is 6.27. The van der Waals surface area contributed by atoms with Gasteiger partial charge in [0.15, 0.2) is 11.5 Å². The molecule has 260 valence electrons. The maximum absolute atomic E-state index is 6.79. The second-order valence-electron chi connectivity index (χ2n) is 14.6. The van der Waals surface area contributed by atoms with E-state index in [2.05, 4.69) is 63.9 Å². The second kappa shape index (κ2) is 14.2. The standard InChI is InChI=1S/C41H47ClN6O2/c1-49-37-22-29-13-16-47(41(28-9-4-3-5-10-28)34(29)24-38(37)50-2)17-14-32-25-48(46-45-32)15-7-6-8-26-18-27-20-30(19-26)39-36(21-27)44-35-23-31(42)11-12-33(35)40(39)43/h3-5,9-12,22-27,30,41H,6-8,13-21H2,1-2H3,(H2,43,44). The van der Waals surface area contributed by atoms with Crippen molar-refractivity contribution in [2.75, 3.05) is 33.0 Å². The molecule has 3 aromatic carbocycles. The van der Waals surface area contributed by atoms with Gasteiger partial charge in [0.25, 0.3) is 0 Å². The molecular weight excluding hydrogens is 644 g/mol. The number of benzene rings is 3. The summed E-state index contributed by atoms with van der Waals surface area (Å²) in [6.45, 7) is 2.79. The molecule has 4 unspecified atom stereocenters. The second-order valence-corrected chi connectivity index (χ2v) is 15.0. The molecule has 0 radical (unpaired) electrons. The molecule has 2 bridgehead atoms. The van der Waals surface area contributed by atoms with Crippen LogP contribution in [0.2, 0.25) is 5.02 Å². The Labute approximate surface area is 299 Å². The van der Waals surface area contributed by atoms with Crippen LogP contribution < -0.4 is 15.2 Å². The number of hydrogen-bond donors (Lipinski definition) is 1. The van der Waals surface area contributed by atoms with Gasteiger partial charge in [-0.3, -0.25) is 14.6 Å². The number of rotatable bonds is 11. The summed E-state index contributed by atoms with van der Waals surface area (Å²) in [5.41, 5.74) is 16.1. The number of nitrogens with two attached hydrogens (primary N) is 1. The Kier molecular flexibility index (Phi) is 9.40. The molecule has 0 spiro atoms. The molecule has 0 saturated heterocycles. The van der Waals surface area contributed by atoms with E-state index in [4.69, 9.17) is 31.8 Å². The van der Waals surface area contributed by atoms with Crippen molar-refractivity contribution >= 4 is 28.2 Å². The van der Waals surface area contributed by atoms with Gasteiger partial charge in [0.2, 0.25) is 0 Å². The molecule has 50 heavy (non-hydrogen) atoms. The van der Waals surface area contributed by atoms with Crippen molar-refractivity contribution in [1.82, 2.24) is 24.9 Å². The molecule has 1 aliphatic heterocycles. The number of aromatic nitrogens is 4. The number of pyridine rings is 1. The van der Waals surface area contributed by atoms with Gasteiger partial charge in [0.1, 0.15) is 0 Å². The lowest BCUT2D eigenvalue weighted by atomic mass is 9.65. The number of nitrogen functional groups attached to an aromatic ring is 1. The summed E-state index contributed by atoms with van der Waals surface area (Å²) in [5.74, 6) is 3.53. The van der Waals surface area contributed by atoms with E-state index in [1.54, 1.807) is 14.2 Å². The lowest BCUT2D eigenvalue weighted by molar-refractivity contribution is 0.207. The Morgan fingerprint density at radius 2 is 1.78 bits per heavy atom. The average Bonchev–Trinajstić information content (AvgIpc) is 3.59. The van der Waals surface area contributed by atoms with Crippen molar-refractivity contribution in [2.45, 2.75) is 76.3 Å². The fraction of sp³-hybridized carbons (Fsp3) is 0.439. The first-order valence-electron chi connectivity index (χ1n) is 18.3. The zero-order chi connectivity index (χ0) is 34.2. The van der Waals surface area contributed by atoms with Gasteiger partial charge in [-0.2, -0.15) is 0 Å². The highest BCUT2D eigenvalue weighted by Crippen LogP contribution is 2.50. The molecule has 3 heterocycles. The zero-order valence-electron chi connectivity index (χ0n) is 29.2. The van der Waals surface area contributed by atoms with E-state index in [1.807, 2.05) is 22.9 Å². The summed E-state index contributed by atoms with van der Waals surface area (Å²) in [6.07, 6.45) is 12.4. The van der Waals surface area contributed by atoms with Crippen LogP contribution in [-0.4, -0.2) is 52.2 Å². The molecule has 2 N–H and O–H groups in total. The fourth-order valence-corrected chi connectivity index (χ4v) is 9.38. The summed E-state index contributed by atoms with van der Waals surface area (Å²) in [6, 6.07) is 21.1. The molecule has 8 nitrogen and oxygen atoms in total. The minimum Gasteiger partial charge on any atom is -0.493 e. The highest BCUT2D eigenvalue weighted by Gasteiger charge is 2.37. The van der Waals surface area contributed by atoms with Gasteiger partial charge in [0.05, 0.1) is 31.5 Å². The van der Waals surface area contributed by atoms with Gasteiger partial charge >= 0.3 is 0 Å². The first-order chi connectivity index (χ1) is 24.5. The number of ether oxygens (including phenoxy) is 2. The molecule has 8 rings (SSSR count). The van der Waals surface area contributed by atoms with Crippen LogP contribution in [-0.2, 0) is 25.8 Å². The van der Waals surface area contributed by atoms with Crippen LogP contribution in [0, 0.1) is 11.8 Å². The fourth-order valence-electron chi connectivity index (χ4n) is 9.21. The topological polar surface area (TPSA) is 91.3 Å². The van der Waals surface area contributed by atoms with Gasteiger partial charge in [-0.1, -0.05) is 60.0 Å². The molecule has 0 amide bonds. The van der Waals surface area contributed by atoms with Crippen LogP contribution in [0.4, 0.5) is 5.69 Å². The largest absolute Gasteiger partial charge is 0.493 e. The Morgan fingerprint density at radius 3 is 2.62 bits per heavy atom. The Hall–Kier alpha value is -4.14. The zero-order valence-corrected chi connectivity index (χ0v) is 29.9. The van der Waals surface area contributed by atoms with E-state index in [0.717, 1.165) is 85.0 Å². The third kappa shape index (κ3) is 6.56. The van der Waals surface area contributed by atoms with Gasteiger partial charge in [0, 0.05) is 59.6 Å². The number of fused-ring (bicyclic) bond motifs is 6. The third-order valence-corrected chi connectivity index (χ3v) is 11.7. The molecule has 2 aromatic heterocycles. The van der Waals surface area contributed by atoms with Crippen LogP contribution in [0.3, 0.4) is 0 Å². The van der Waals surface area contributed by atoms with Crippen molar-refractivity contribution in [3.8, 4) is 11.5 Å². The third-order valence-electron chi connectivity index (χ3n) is 11.5. The maximum atomic E-state index is 6.79. The molecule has 4 atom stereocenters. The summed E-state index contributed by atoms with van der Waals surface area (Å²) in [7, 11) is 3.41. The van der Waals surface area contributed by atoms with E-state index in [9.17, 15) is 0 Å². The normalized spacial score (nSPS) is 21.5. The number of aryl methyl sites for hydroxylation is 1.